The molecule has 82 valence electrons. The van der Waals surface area contributed by atoms with Crippen LogP contribution < -0.4 is 0 Å². The Balaban J connectivity index is 2.56. The zero-order valence-corrected chi connectivity index (χ0v) is 8.46. The lowest BCUT2D eigenvalue weighted by Gasteiger charge is -2.15. The third kappa shape index (κ3) is 3.34. The molecular formula is C11H14O4. The summed E-state index contributed by atoms with van der Waals surface area (Å²) in [6.07, 6.45) is -1.89. The number of hydrogen-bond donors (Lipinski definition) is 2. The van der Waals surface area contributed by atoms with Crippen molar-refractivity contribution in [2.24, 2.45) is 0 Å². The molecule has 0 aromatic heterocycles. The van der Waals surface area contributed by atoms with Crippen molar-refractivity contribution >= 4 is 5.97 Å². The number of esters is 1. The van der Waals surface area contributed by atoms with Crippen molar-refractivity contribution in [3.05, 3.63) is 35.9 Å². The van der Waals surface area contributed by atoms with Crippen LogP contribution in [0.25, 0.3) is 0 Å². The molecule has 15 heavy (non-hydrogen) atoms. The van der Waals surface area contributed by atoms with E-state index in [-0.39, 0.29) is 0 Å². The van der Waals surface area contributed by atoms with E-state index < -0.39 is 24.8 Å². The molecule has 0 aliphatic rings. The Bertz CT molecular complexity index is 310. The van der Waals surface area contributed by atoms with E-state index in [4.69, 9.17) is 14.9 Å². The molecule has 0 saturated carbocycles. The zero-order chi connectivity index (χ0) is 11.3. The van der Waals surface area contributed by atoms with Crippen LogP contribution in [0, 0.1) is 0 Å². The highest BCUT2D eigenvalue weighted by Gasteiger charge is 2.18. The predicted molar refractivity (Wildman–Crippen MR) is 54.0 cm³/mol. The van der Waals surface area contributed by atoms with Crippen molar-refractivity contribution in [1.82, 2.24) is 0 Å². The molecule has 0 saturated heterocycles. The van der Waals surface area contributed by atoms with Gasteiger partial charge in [-0.1, -0.05) is 30.3 Å². The highest BCUT2D eigenvalue weighted by molar-refractivity contribution is 5.74. The molecule has 1 aromatic rings. The molecule has 0 amide bonds. The standard InChI is InChI=1S/C11H14O4/c1-8(9-5-3-2-4-6-9)15-11(14)10(13)7-12/h2-6,8,10,12-13H,7H2,1H3. The van der Waals surface area contributed by atoms with Crippen LogP contribution in [0.15, 0.2) is 30.3 Å². The number of rotatable bonds is 4. The van der Waals surface area contributed by atoms with Gasteiger partial charge in [0, 0.05) is 0 Å². The molecule has 4 nitrogen and oxygen atoms in total. The van der Waals surface area contributed by atoms with Crippen LogP contribution in [0.2, 0.25) is 0 Å². The number of hydrogen-bond acceptors (Lipinski definition) is 4. The van der Waals surface area contributed by atoms with E-state index in [1.807, 2.05) is 30.3 Å². The fourth-order valence-corrected chi connectivity index (χ4v) is 1.12. The van der Waals surface area contributed by atoms with E-state index >= 15 is 0 Å². The Kier molecular flexibility index (Phi) is 4.27. The maximum absolute atomic E-state index is 11.1. The van der Waals surface area contributed by atoms with Crippen LogP contribution in [0.4, 0.5) is 0 Å². The molecule has 4 heteroatoms. The van der Waals surface area contributed by atoms with Gasteiger partial charge in [0.1, 0.15) is 6.10 Å². The van der Waals surface area contributed by atoms with Crippen LogP contribution in [0.5, 0.6) is 0 Å². The van der Waals surface area contributed by atoms with Crippen LogP contribution in [0.1, 0.15) is 18.6 Å². The van der Waals surface area contributed by atoms with Crippen molar-refractivity contribution in [2.45, 2.75) is 19.1 Å². The molecule has 0 heterocycles. The van der Waals surface area contributed by atoms with Crippen LogP contribution in [0.3, 0.4) is 0 Å². The van der Waals surface area contributed by atoms with Gasteiger partial charge in [0.05, 0.1) is 6.61 Å². The Morgan fingerprint density at radius 3 is 2.53 bits per heavy atom. The van der Waals surface area contributed by atoms with Crippen LogP contribution in [-0.4, -0.2) is 28.9 Å². The zero-order valence-electron chi connectivity index (χ0n) is 8.46. The smallest absolute Gasteiger partial charge is 0.337 e. The molecule has 1 rings (SSSR count). The lowest BCUT2D eigenvalue weighted by atomic mass is 10.1. The van der Waals surface area contributed by atoms with Gasteiger partial charge in [-0.15, -0.1) is 0 Å². The fourth-order valence-electron chi connectivity index (χ4n) is 1.12. The molecule has 0 aliphatic heterocycles. The molecule has 0 spiro atoms. The molecule has 0 bridgehead atoms. The number of benzene rings is 1. The monoisotopic (exact) mass is 210 g/mol. The van der Waals surface area contributed by atoms with E-state index in [9.17, 15) is 4.79 Å². The minimum atomic E-state index is -1.46. The number of aliphatic hydroxyl groups is 2. The minimum Gasteiger partial charge on any atom is -0.456 e. The summed E-state index contributed by atoms with van der Waals surface area (Å²) in [5, 5.41) is 17.5. The highest BCUT2D eigenvalue weighted by atomic mass is 16.6. The first-order valence-corrected chi connectivity index (χ1v) is 4.69. The van der Waals surface area contributed by atoms with Gasteiger partial charge in [0.25, 0.3) is 0 Å². The Morgan fingerprint density at radius 1 is 1.40 bits per heavy atom. The summed E-state index contributed by atoms with van der Waals surface area (Å²) in [6, 6.07) is 9.18. The number of ether oxygens (including phenoxy) is 1. The van der Waals surface area contributed by atoms with Crippen molar-refractivity contribution in [3.63, 3.8) is 0 Å². The maximum Gasteiger partial charge on any atom is 0.337 e. The molecule has 1 aromatic carbocycles. The molecule has 2 atom stereocenters. The summed E-state index contributed by atoms with van der Waals surface area (Å²) in [5.41, 5.74) is 0.844. The van der Waals surface area contributed by atoms with Crippen LogP contribution in [-0.2, 0) is 9.53 Å². The molecule has 2 N–H and O–H groups in total. The molecule has 2 unspecified atom stereocenters. The average molecular weight is 210 g/mol. The normalized spacial score (nSPS) is 14.3. The predicted octanol–water partition coefficient (Wildman–Crippen LogP) is 0.644. The molecule has 0 fully saturated rings. The summed E-state index contributed by atoms with van der Waals surface area (Å²) in [4.78, 5) is 11.1. The number of carbonyl (C=O) groups excluding carboxylic acids is 1. The van der Waals surface area contributed by atoms with Gasteiger partial charge in [-0.3, -0.25) is 0 Å². The second-order valence-corrected chi connectivity index (χ2v) is 3.19. The molecule has 0 radical (unpaired) electrons. The highest BCUT2D eigenvalue weighted by Crippen LogP contribution is 2.16. The SMILES string of the molecule is CC(OC(=O)C(O)CO)c1ccccc1. The van der Waals surface area contributed by atoms with Gasteiger partial charge in [-0.2, -0.15) is 0 Å². The summed E-state index contributed by atoms with van der Waals surface area (Å²) in [6.45, 7) is 1.08. The lowest BCUT2D eigenvalue weighted by Crippen LogP contribution is -2.27. The number of aliphatic hydroxyl groups excluding tert-OH is 2. The summed E-state index contributed by atoms with van der Waals surface area (Å²) in [5.74, 6) is -0.811. The first kappa shape index (κ1) is 11.7. The van der Waals surface area contributed by atoms with Crippen molar-refractivity contribution in [2.75, 3.05) is 6.61 Å². The summed E-state index contributed by atoms with van der Waals surface area (Å²) >= 11 is 0. The van der Waals surface area contributed by atoms with E-state index in [0.717, 1.165) is 5.56 Å². The molecular weight excluding hydrogens is 196 g/mol. The van der Waals surface area contributed by atoms with Crippen molar-refractivity contribution in [1.29, 1.82) is 0 Å². The van der Waals surface area contributed by atoms with Gasteiger partial charge in [0.2, 0.25) is 0 Å². The quantitative estimate of drug-likeness (QED) is 0.716. The Hall–Kier alpha value is -1.39. The third-order valence-electron chi connectivity index (χ3n) is 2.01. The lowest BCUT2D eigenvalue weighted by molar-refractivity contribution is -0.160. The van der Waals surface area contributed by atoms with Gasteiger partial charge in [-0.05, 0) is 12.5 Å². The second kappa shape index (κ2) is 5.48. The van der Waals surface area contributed by atoms with Gasteiger partial charge in [0.15, 0.2) is 6.10 Å². The first-order valence-electron chi connectivity index (χ1n) is 4.69. The second-order valence-electron chi connectivity index (χ2n) is 3.19. The summed E-state index contributed by atoms with van der Waals surface area (Å²) in [7, 11) is 0. The van der Waals surface area contributed by atoms with E-state index in [0.29, 0.717) is 0 Å². The Labute approximate surface area is 88.1 Å². The van der Waals surface area contributed by atoms with Crippen molar-refractivity contribution in [3.8, 4) is 0 Å². The van der Waals surface area contributed by atoms with Gasteiger partial charge < -0.3 is 14.9 Å². The van der Waals surface area contributed by atoms with E-state index in [1.165, 1.54) is 0 Å². The fraction of sp³-hybridized carbons (Fsp3) is 0.364. The molecule has 0 aliphatic carbocycles. The number of carbonyl (C=O) groups is 1. The third-order valence-corrected chi connectivity index (χ3v) is 2.01. The summed E-state index contributed by atoms with van der Waals surface area (Å²) < 4.78 is 4.94. The van der Waals surface area contributed by atoms with Gasteiger partial charge >= 0.3 is 5.97 Å². The largest absolute Gasteiger partial charge is 0.456 e. The first-order chi connectivity index (χ1) is 7.15. The maximum atomic E-state index is 11.1. The topological polar surface area (TPSA) is 66.8 Å². The van der Waals surface area contributed by atoms with Crippen LogP contribution >= 0.6 is 0 Å². The Morgan fingerprint density at radius 2 is 2.00 bits per heavy atom. The van der Waals surface area contributed by atoms with Crippen molar-refractivity contribution < 1.29 is 19.7 Å². The van der Waals surface area contributed by atoms with E-state index in [2.05, 4.69) is 0 Å². The minimum absolute atomic E-state index is 0.431. The van der Waals surface area contributed by atoms with E-state index in [1.54, 1.807) is 6.92 Å². The average Bonchev–Trinajstić information content (AvgIpc) is 2.29. The van der Waals surface area contributed by atoms with Gasteiger partial charge in [-0.25, -0.2) is 4.79 Å².